The van der Waals surface area contributed by atoms with E-state index in [0.29, 0.717) is 22.2 Å². The van der Waals surface area contributed by atoms with Crippen LogP contribution in [0.3, 0.4) is 0 Å². The van der Waals surface area contributed by atoms with E-state index < -0.39 is 0 Å². The molecule has 2 aliphatic heterocycles. The average molecular weight is 419 g/mol. The molecule has 158 valence electrons. The second-order valence-electron chi connectivity index (χ2n) is 8.49. The lowest BCUT2D eigenvalue weighted by molar-refractivity contribution is -0.134. The van der Waals surface area contributed by atoms with E-state index in [1.54, 1.807) is 0 Å². The van der Waals surface area contributed by atoms with Crippen LogP contribution in [-0.4, -0.2) is 76.1 Å². The summed E-state index contributed by atoms with van der Waals surface area (Å²) in [5, 5.41) is 0.850. The molecule has 29 heavy (non-hydrogen) atoms. The fourth-order valence-corrected chi connectivity index (χ4v) is 5.47. The van der Waals surface area contributed by atoms with Crippen LogP contribution < -0.4 is 10.5 Å². The predicted octanol–water partition coefficient (Wildman–Crippen LogP) is 1.50. The second-order valence-corrected chi connectivity index (χ2v) is 9.47. The van der Waals surface area contributed by atoms with Gasteiger partial charge in [0, 0.05) is 39.3 Å². The van der Waals surface area contributed by atoms with Crippen molar-refractivity contribution in [3.8, 4) is 0 Å². The first kappa shape index (κ1) is 20.3. The summed E-state index contributed by atoms with van der Waals surface area (Å²) in [6.07, 6.45) is 2.62. The predicted molar refractivity (Wildman–Crippen MR) is 116 cm³/mol. The van der Waals surface area contributed by atoms with Gasteiger partial charge in [-0.1, -0.05) is 32.1 Å². The van der Waals surface area contributed by atoms with Gasteiger partial charge in [-0.15, -0.1) is 0 Å². The van der Waals surface area contributed by atoms with Gasteiger partial charge in [0.05, 0.1) is 0 Å². The number of likely N-dealkylation sites (tertiary alicyclic amines) is 1. The third kappa shape index (κ3) is 4.30. The first-order valence-electron chi connectivity index (χ1n) is 10.6. The average Bonchev–Trinajstić information content (AvgIpc) is 3.14. The van der Waals surface area contributed by atoms with Crippen molar-refractivity contribution in [1.29, 1.82) is 0 Å². The largest absolute Gasteiger partial charge is 0.345 e. The van der Waals surface area contributed by atoms with Gasteiger partial charge in [-0.2, -0.15) is 4.98 Å². The minimum absolute atomic E-state index is 0.00734. The molecule has 0 unspecified atom stereocenters. The molecule has 2 fully saturated rings. The molecule has 2 aliphatic rings. The third-order valence-electron chi connectivity index (χ3n) is 5.99. The maximum absolute atomic E-state index is 13.0. The molecule has 0 bridgehead atoms. The third-order valence-corrected chi connectivity index (χ3v) is 7.08. The van der Waals surface area contributed by atoms with Crippen LogP contribution in [0.15, 0.2) is 11.1 Å². The zero-order chi connectivity index (χ0) is 20.5. The Morgan fingerprint density at radius 3 is 2.52 bits per heavy atom. The molecule has 0 aliphatic carbocycles. The fraction of sp³-hybridized carbons (Fsp3) is 0.700. The molecule has 4 heterocycles. The molecule has 0 aromatic carbocycles. The quantitative estimate of drug-likeness (QED) is 0.749. The number of likely N-dealkylation sites (N-methyl/N-ethyl adjacent to an activating group) is 1. The number of hydrogen-bond donors (Lipinski definition) is 0. The highest BCUT2D eigenvalue weighted by Gasteiger charge is 2.26. The Labute approximate surface area is 175 Å². The summed E-state index contributed by atoms with van der Waals surface area (Å²) >= 11 is 1.39. The van der Waals surface area contributed by atoms with Gasteiger partial charge >= 0.3 is 0 Å². The standard InChI is InChI=1S/C20H30N6O2S/c1-4-23-5-7-24(8-6-23)20-22-18-17(29-20)19(28)26(13-21-18)12-16(27)25-10-14(2)9-15(3)11-25/h13-15H,4-12H2,1-3H3/t14-,15-/m0/s1. The number of nitrogens with zero attached hydrogens (tertiary/aromatic N) is 6. The highest BCUT2D eigenvalue weighted by molar-refractivity contribution is 7.22. The van der Waals surface area contributed by atoms with E-state index in [1.807, 2.05) is 4.90 Å². The van der Waals surface area contributed by atoms with Crippen LogP contribution in [-0.2, 0) is 11.3 Å². The second kappa shape index (κ2) is 8.39. The fourth-order valence-electron chi connectivity index (χ4n) is 4.45. The van der Waals surface area contributed by atoms with Gasteiger partial charge in [-0.3, -0.25) is 14.2 Å². The van der Waals surface area contributed by atoms with Gasteiger partial charge in [-0.25, -0.2) is 4.98 Å². The molecular weight excluding hydrogens is 388 g/mol. The van der Waals surface area contributed by atoms with Gasteiger partial charge in [-0.05, 0) is 24.8 Å². The van der Waals surface area contributed by atoms with Gasteiger partial charge in [0.25, 0.3) is 5.56 Å². The lowest BCUT2D eigenvalue weighted by Gasteiger charge is -2.35. The van der Waals surface area contributed by atoms with Crippen LogP contribution in [0.5, 0.6) is 0 Å². The number of anilines is 1. The number of rotatable bonds is 4. The van der Waals surface area contributed by atoms with E-state index in [1.165, 1.54) is 22.2 Å². The van der Waals surface area contributed by atoms with Crippen LogP contribution in [0, 0.1) is 11.8 Å². The number of piperazine rings is 1. The van der Waals surface area contributed by atoms with Crippen molar-refractivity contribution in [2.24, 2.45) is 11.8 Å². The van der Waals surface area contributed by atoms with Crippen LogP contribution >= 0.6 is 11.3 Å². The summed E-state index contributed by atoms with van der Waals surface area (Å²) in [6.45, 7) is 13.0. The number of amides is 1. The Balaban J connectivity index is 1.50. The maximum atomic E-state index is 13.0. The van der Waals surface area contributed by atoms with Crippen molar-refractivity contribution < 1.29 is 4.79 Å². The molecule has 9 heteroatoms. The number of thiazole rings is 1. The molecule has 2 saturated heterocycles. The van der Waals surface area contributed by atoms with E-state index in [2.05, 4.69) is 40.5 Å². The van der Waals surface area contributed by atoms with E-state index in [4.69, 9.17) is 0 Å². The van der Waals surface area contributed by atoms with Crippen LogP contribution in [0.25, 0.3) is 10.3 Å². The molecule has 0 saturated carbocycles. The number of fused-ring (bicyclic) bond motifs is 1. The van der Waals surface area contributed by atoms with Crippen molar-refractivity contribution in [2.45, 2.75) is 33.7 Å². The van der Waals surface area contributed by atoms with Crippen LogP contribution in [0.4, 0.5) is 5.13 Å². The van der Waals surface area contributed by atoms with Crippen molar-refractivity contribution >= 4 is 32.7 Å². The summed E-state index contributed by atoms with van der Waals surface area (Å²) in [7, 11) is 0. The molecule has 2 aromatic rings. The van der Waals surface area contributed by atoms with E-state index >= 15 is 0 Å². The highest BCUT2D eigenvalue weighted by Crippen LogP contribution is 2.26. The molecule has 2 atom stereocenters. The number of piperidine rings is 1. The Morgan fingerprint density at radius 2 is 1.86 bits per heavy atom. The molecule has 8 nitrogen and oxygen atoms in total. The lowest BCUT2D eigenvalue weighted by atomic mass is 9.92. The molecule has 1 amide bonds. The van der Waals surface area contributed by atoms with Crippen molar-refractivity contribution in [3.63, 3.8) is 0 Å². The number of aromatic nitrogens is 3. The van der Waals surface area contributed by atoms with Gasteiger partial charge < -0.3 is 14.7 Å². The minimum Gasteiger partial charge on any atom is -0.345 e. The summed E-state index contributed by atoms with van der Waals surface area (Å²) in [5.41, 5.74) is 0.314. The normalized spacial score (nSPS) is 23.7. The summed E-state index contributed by atoms with van der Waals surface area (Å²) in [5.74, 6) is 0.988. The van der Waals surface area contributed by atoms with Gasteiger partial charge in [0.2, 0.25) is 5.91 Å². The summed E-state index contributed by atoms with van der Waals surface area (Å²) in [4.78, 5) is 41.2. The molecule has 2 aromatic heterocycles. The zero-order valence-corrected chi connectivity index (χ0v) is 18.3. The lowest BCUT2D eigenvalue weighted by Crippen LogP contribution is -2.46. The van der Waals surface area contributed by atoms with Crippen molar-refractivity contribution in [1.82, 2.24) is 24.3 Å². The van der Waals surface area contributed by atoms with Crippen LogP contribution in [0.2, 0.25) is 0 Å². The number of hydrogen-bond acceptors (Lipinski definition) is 7. The Bertz CT molecular complexity index is 923. The first-order valence-corrected chi connectivity index (χ1v) is 11.4. The van der Waals surface area contributed by atoms with Gasteiger partial charge in [0.15, 0.2) is 10.8 Å². The van der Waals surface area contributed by atoms with Gasteiger partial charge in [0.1, 0.15) is 17.6 Å². The smallest absolute Gasteiger partial charge is 0.273 e. The van der Waals surface area contributed by atoms with Crippen molar-refractivity contribution in [2.75, 3.05) is 50.7 Å². The number of carbonyl (C=O) groups excluding carboxylic acids is 1. The van der Waals surface area contributed by atoms with E-state index in [9.17, 15) is 9.59 Å². The molecule has 0 N–H and O–H groups in total. The maximum Gasteiger partial charge on any atom is 0.273 e. The van der Waals surface area contributed by atoms with Crippen LogP contribution in [0.1, 0.15) is 27.2 Å². The Hall–Kier alpha value is -2.00. The molecule has 4 rings (SSSR count). The molecular formula is C20H30N6O2S. The van der Waals surface area contributed by atoms with Crippen molar-refractivity contribution in [3.05, 3.63) is 16.7 Å². The Kier molecular flexibility index (Phi) is 5.87. The minimum atomic E-state index is -0.169. The number of carbonyl (C=O) groups is 1. The Morgan fingerprint density at radius 1 is 1.17 bits per heavy atom. The summed E-state index contributed by atoms with van der Waals surface area (Å²) in [6, 6.07) is 0. The monoisotopic (exact) mass is 418 g/mol. The first-order chi connectivity index (χ1) is 13.9. The topological polar surface area (TPSA) is 74.6 Å². The van der Waals surface area contributed by atoms with E-state index in [-0.39, 0.29) is 18.0 Å². The zero-order valence-electron chi connectivity index (χ0n) is 17.5. The summed E-state index contributed by atoms with van der Waals surface area (Å²) < 4.78 is 1.97. The SMILES string of the molecule is CCN1CCN(c2nc3ncn(CC(=O)N4C[C@@H](C)C[C@H](C)C4)c(=O)c3s2)CC1. The molecule has 0 spiro atoms. The van der Waals surface area contributed by atoms with E-state index in [0.717, 1.165) is 57.4 Å². The highest BCUT2D eigenvalue weighted by atomic mass is 32.1. The molecule has 0 radical (unpaired) electrons.